The predicted molar refractivity (Wildman–Crippen MR) is 58.8 cm³/mol. The van der Waals surface area contributed by atoms with E-state index < -0.39 is 0 Å². The highest BCUT2D eigenvalue weighted by Crippen LogP contribution is 2.28. The average molecular weight is 290 g/mol. The summed E-state index contributed by atoms with van der Waals surface area (Å²) < 4.78 is 1.63. The SMILES string of the molecule is O=c1ccnc(Sc2nc(Br)cs2)[nH]1. The molecule has 0 atom stereocenters. The van der Waals surface area contributed by atoms with Crippen LogP contribution >= 0.6 is 39.0 Å². The van der Waals surface area contributed by atoms with Gasteiger partial charge in [0.1, 0.15) is 4.60 Å². The van der Waals surface area contributed by atoms with Crippen molar-refractivity contribution in [2.45, 2.75) is 9.50 Å². The lowest BCUT2D eigenvalue weighted by atomic mass is 10.7. The van der Waals surface area contributed by atoms with Gasteiger partial charge in [-0.2, -0.15) is 0 Å². The summed E-state index contributed by atoms with van der Waals surface area (Å²) in [5, 5.41) is 2.43. The van der Waals surface area contributed by atoms with Crippen molar-refractivity contribution < 1.29 is 0 Å². The maximum absolute atomic E-state index is 11.0. The number of rotatable bonds is 2. The molecule has 0 saturated carbocycles. The molecule has 0 aliphatic heterocycles. The van der Waals surface area contributed by atoms with E-state index in [1.165, 1.54) is 35.4 Å². The molecule has 0 radical (unpaired) electrons. The van der Waals surface area contributed by atoms with Gasteiger partial charge in [0.25, 0.3) is 5.56 Å². The van der Waals surface area contributed by atoms with Crippen molar-refractivity contribution in [3.63, 3.8) is 0 Å². The van der Waals surface area contributed by atoms with Crippen molar-refractivity contribution in [3.8, 4) is 0 Å². The largest absolute Gasteiger partial charge is 0.301 e. The highest BCUT2D eigenvalue weighted by atomic mass is 79.9. The number of aromatic nitrogens is 3. The molecular formula is C7H4BrN3OS2. The number of H-pyrrole nitrogens is 1. The van der Waals surface area contributed by atoms with Gasteiger partial charge in [0.2, 0.25) is 0 Å². The fraction of sp³-hybridized carbons (Fsp3) is 0. The number of halogens is 1. The average Bonchev–Trinajstić information content (AvgIpc) is 2.51. The molecule has 2 heterocycles. The molecule has 0 aromatic carbocycles. The third kappa shape index (κ3) is 2.43. The first-order chi connectivity index (χ1) is 6.74. The molecule has 2 aromatic heterocycles. The third-order valence-corrected chi connectivity index (χ3v) is 3.84. The lowest BCUT2D eigenvalue weighted by Gasteiger charge is -1.93. The molecule has 2 rings (SSSR count). The van der Waals surface area contributed by atoms with Crippen LogP contribution in [0.1, 0.15) is 0 Å². The molecular weight excluding hydrogens is 286 g/mol. The van der Waals surface area contributed by atoms with Gasteiger partial charge in [-0.15, -0.1) is 11.3 Å². The van der Waals surface area contributed by atoms with Gasteiger partial charge in [-0.05, 0) is 27.7 Å². The summed E-state index contributed by atoms with van der Waals surface area (Å²) in [5.74, 6) is 0. The van der Waals surface area contributed by atoms with Crippen molar-refractivity contribution in [1.82, 2.24) is 15.0 Å². The summed E-state index contributed by atoms with van der Waals surface area (Å²) >= 11 is 6.08. The molecule has 0 amide bonds. The molecule has 0 aliphatic rings. The van der Waals surface area contributed by atoms with Crippen LogP contribution in [0.5, 0.6) is 0 Å². The fourth-order valence-corrected chi connectivity index (χ4v) is 3.01. The molecule has 0 fully saturated rings. The number of nitrogens with zero attached hydrogens (tertiary/aromatic N) is 2. The van der Waals surface area contributed by atoms with Gasteiger partial charge < -0.3 is 4.98 Å². The summed E-state index contributed by atoms with van der Waals surface area (Å²) in [7, 11) is 0. The third-order valence-electron chi connectivity index (χ3n) is 1.29. The fourth-order valence-electron chi connectivity index (χ4n) is 0.772. The molecule has 72 valence electrons. The van der Waals surface area contributed by atoms with Crippen LogP contribution in [0.2, 0.25) is 0 Å². The standard InChI is InChI=1S/C7H4BrN3OS2/c8-4-3-13-7(10-4)14-6-9-2-1-5(12)11-6/h1-3H,(H,9,11,12). The minimum atomic E-state index is -0.155. The molecule has 4 nitrogen and oxygen atoms in total. The van der Waals surface area contributed by atoms with Crippen molar-refractivity contribution in [2.75, 3.05) is 0 Å². The Bertz CT molecular complexity index is 495. The molecule has 7 heteroatoms. The van der Waals surface area contributed by atoms with Gasteiger partial charge in [0, 0.05) is 17.6 Å². The van der Waals surface area contributed by atoms with Crippen LogP contribution in [-0.2, 0) is 0 Å². The smallest absolute Gasteiger partial charge is 0.251 e. The van der Waals surface area contributed by atoms with E-state index in [1.54, 1.807) is 0 Å². The van der Waals surface area contributed by atoms with E-state index in [0.29, 0.717) is 5.16 Å². The second-order valence-electron chi connectivity index (χ2n) is 2.28. The van der Waals surface area contributed by atoms with Crippen LogP contribution in [0.3, 0.4) is 0 Å². The van der Waals surface area contributed by atoms with Crippen LogP contribution in [0.4, 0.5) is 0 Å². The summed E-state index contributed by atoms with van der Waals surface area (Å²) in [6.07, 6.45) is 1.48. The maximum Gasteiger partial charge on any atom is 0.251 e. The van der Waals surface area contributed by atoms with Crippen molar-refractivity contribution in [3.05, 3.63) is 32.6 Å². The van der Waals surface area contributed by atoms with Crippen molar-refractivity contribution >= 4 is 39.0 Å². The Hall–Kier alpha value is -0.660. The van der Waals surface area contributed by atoms with Gasteiger partial charge in [0.05, 0.1) is 0 Å². The monoisotopic (exact) mass is 289 g/mol. The minimum Gasteiger partial charge on any atom is -0.301 e. The summed E-state index contributed by atoms with van der Waals surface area (Å²) in [6, 6.07) is 1.38. The quantitative estimate of drug-likeness (QED) is 0.861. The number of thiazole rings is 1. The first kappa shape index (κ1) is 9.88. The Morgan fingerprint density at radius 2 is 2.43 bits per heavy atom. The molecule has 0 bridgehead atoms. The van der Waals surface area contributed by atoms with E-state index in [0.717, 1.165) is 8.94 Å². The van der Waals surface area contributed by atoms with Gasteiger partial charge >= 0.3 is 0 Å². The van der Waals surface area contributed by atoms with Crippen molar-refractivity contribution in [1.29, 1.82) is 0 Å². The lowest BCUT2D eigenvalue weighted by Crippen LogP contribution is -2.04. The first-order valence-corrected chi connectivity index (χ1v) is 6.07. The van der Waals surface area contributed by atoms with Gasteiger partial charge in [-0.3, -0.25) is 4.79 Å². The number of hydrogen-bond donors (Lipinski definition) is 1. The molecule has 2 aromatic rings. The Morgan fingerprint density at radius 3 is 3.07 bits per heavy atom. The predicted octanol–water partition coefficient (Wildman–Crippen LogP) is 2.14. The summed E-state index contributed by atoms with van der Waals surface area (Å²) in [6.45, 7) is 0. The molecule has 1 N–H and O–H groups in total. The van der Waals surface area contributed by atoms with Gasteiger partial charge in [-0.1, -0.05) is 0 Å². The zero-order valence-corrected chi connectivity index (χ0v) is 9.95. The van der Waals surface area contributed by atoms with Gasteiger partial charge in [-0.25, -0.2) is 9.97 Å². The molecule has 0 saturated heterocycles. The van der Waals surface area contributed by atoms with E-state index >= 15 is 0 Å². The number of hydrogen-bond acceptors (Lipinski definition) is 5. The number of aromatic amines is 1. The lowest BCUT2D eigenvalue weighted by molar-refractivity contribution is 0.935. The van der Waals surface area contributed by atoms with E-state index in [9.17, 15) is 4.79 Å². The molecule has 0 spiro atoms. The van der Waals surface area contributed by atoms with E-state index in [4.69, 9.17) is 0 Å². The maximum atomic E-state index is 11.0. The van der Waals surface area contributed by atoms with Crippen LogP contribution < -0.4 is 5.56 Å². The Kier molecular flexibility index (Phi) is 2.99. The topological polar surface area (TPSA) is 58.6 Å². The highest BCUT2D eigenvalue weighted by molar-refractivity contribution is 9.10. The normalized spacial score (nSPS) is 10.4. The number of nitrogens with one attached hydrogen (secondary N) is 1. The van der Waals surface area contributed by atoms with Crippen LogP contribution in [0.25, 0.3) is 0 Å². The van der Waals surface area contributed by atoms with Crippen LogP contribution in [0, 0.1) is 0 Å². The Morgan fingerprint density at radius 1 is 1.57 bits per heavy atom. The zero-order chi connectivity index (χ0) is 9.97. The van der Waals surface area contributed by atoms with Crippen LogP contribution in [-0.4, -0.2) is 15.0 Å². The van der Waals surface area contributed by atoms with E-state index in [2.05, 4.69) is 30.9 Å². The first-order valence-electron chi connectivity index (χ1n) is 3.58. The molecule has 0 unspecified atom stereocenters. The van der Waals surface area contributed by atoms with Crippen LogP contribution in [0.15, 0.2) is 36.5 Å². The Labute approximate surface area is 95.9 Å². The second kappa shape index (κ2) is 4.24. The second-order valence-corrected chi connectivity index (χ2v) is 5.18. The zero-order valence-electron chi connectivity index (χ0n) is 6.73. The van der Waals surface area contributed by atoms with E-state index in [1.807, 2.05) is 5.38 Å². The highest BCUT2D eigenvalue weighted by Gasteiger charge is 2.03. The summed E-state index contributed by atoms with van der Waals surface area (Å²) in [5.41, 5.74) is -0.155. The molecule has 0 aliphatic carbocycles. The Balaban J connectivity index is 2.23. The van der Waals surface area contributed by atoms with Crippen molar-refractivity contribution in [2.24, 2.45) is 0 Å². The van der Waals surface area contributed by atoms with E-state index in [-0.39, 0.29) is 5.56 Å². The van der Waals surface area contributed by atoms with Gasteiger partial charge in [0.15, 0.2) is 9.50 Å². The summed E-state index contributed by atoms with van der Waals surface area (Å²) in [4.78, 5) is 21.7. The minimum absolute atomic E-state index is 0.155. The molecule has 14 heavy (non-hydrogen) atoms.